The van der Waals surface area contributed by atoms with Gasteiger partial charge in [-0.15, -0.1) is 0 Å². The number of fused-ring (bicyclic) bond motifs is 1. The summed E-state index contributed by atoms with van der Waals surface area (Å²) < 4.78 is 10.5. The molecule has 2 N–H and O–H groups in total. The van der Waals surface area contributed by atoms with E-state index in [-0.39, 0.29) is 12.5 Å². The van der Waals surface area contributed by atoms with E-state index < -0.39 is 17.5 Å². The van der Waals surface area contributed by atoms with E-state index in [1.54, 1.807) is 32.0 Å². The zero-order valence-electron chi connectivity index (χ0n) is 12.7. The molecule has 0 spiro atoms. The highest BCUT2D eigenvalue weighted by molar-refractivity contribution is 6.14. The van der Waals surface area contributed by atoms with Gasteiger partial charge in [0.25, 0.3) is 11.5 Å². The Labute approximate surface area is 128 Å². The fraction of sp³-hybridized carbons (Fsp3) is 0.400. The molecule has 0 saturated carbocycles. The van der Waals surface area contributed by atoms with Crippen LogP contribution >= 0.6 is 0 Å². The zero-order valence-corrected chi connectivity index (χ0v) is 12.7. The molecule has 1 aliphatic heterocycles. The number of carbonyl (C=O) groups is 3. The van der Waals surface area contributed by atoms with Crippen molar-refractivity contribution in [2.45, 2.75) is 32.8 Å². The lowest BCUT2D eigenvalue weighted by atomic mass is 10.0. The van der Waals surface area contributed by atoms with Gasteiger partial charge in [-0.1, -0.05) is 6.92 Å². The van der Waals surface area contributed by atoms with Gasteiger partial charge in [0.05, 0.1) is 12.3 Å². The minimum atomic E-state index is -1.75. The Balaban J connectivity index is 2.30. The SMILES string of the molecule is CCOC(=O)[C@@]1(C)Oc2cc(NC(=O)CC)ccc2NC1=O. The van der Waals surface area contributed by atoms with Crippen LogP contribution in [-0.4, -0.2) is 30.0 Å². The fourth-order valence-corrected chi connectivity index (χ4v) is 1.95. The van der Waals surface area contributed by atoms with Crippen LogP contribution in [-0.2, 0) is 19.1 Å². The summed E-state index contributed by atoms with van der Waals surface area (Å²) in [6, 6.07) is 4.80. The molecule has 0 radical (unpaired) electrons. The molecule has 2 amide bonds. The molecule has 0 unspecified atom stereocenters. The van der Waals surface area contributed by atoms with Crippen LogP contribution in [0.2, 0.25) is 0 Å². The maximum absolute atomic E-state index is 12.1. The van der Waals surface area contributed by atoms with Crippen LogP contribution in [0.1, 0.15) is 27.2 Å². The Morgan fingerprint density at radius 2 is 2.09 bits per heavy atom. The first-order chi connectivity index (χ1) is 10.4. The molecule has 7 nitrogen and oxygen atoms in total. The summed E-state index contributed by atoms with van der Waals surface area (Å²) >= 11 is 0. The van der Waals surface area contributed by atoms with Gasteiger partial charge in [0, 0.05) is 18.2 Å². The first kappa shape index (κ1) is 15.8. The molecular weight excluding hydrogens is 288 g/mol. The highest BCUT2D eigenvalue weighted by atomic mass is 16.6. The summed E-state index contributed by atoms with van der Waals surface area (Å²) in [6.07, 6.45) is 0.342. The van der Waals surface area contributed by atoms with Crippen molar-refractivity contribution in [1.29, 1.82) is 0 Å². The third-order valence-electron chi connectivity index (χ3n) is 3.25. The number of rotatable bonds is 4. The fourth-order valence-electron chi connectivity index (χ4n) is 1.95. The molecule has 0 fully saturated rings. The van der Waals surface area contributed by atoms with Crippen LogP contribution in [0.3, 0.4) is 0 Å². The summed E-state index contributed by atoms with van der Waals surface area (Å²) in [5.74, 6) is -1.21. The molecule has 1 aromatic carbocycles. The van der Waals surface area contributed by atoms with Crippen molar-refractivity contribution in [3.63, 3.8) is 0 Å². The standard InChI is InChI=1S/C15H18N2O5/c1-4-12(18)16-9-6-7-10-11(8-9)22-15(3,13(19)17-10)14(20)21-5-2/h6-8H,4-5H2,1-3H3,(H,16,18)(H,17,19)/t15-/m0/s1. The Bertz CT molecular complexity index is 628. The Kier molecular flexibility index (Phi) is 4.35. The van der Waals surface area contributed by atoms with Gasteiger partial charge < -0.3 is 20.1 Å². The minimum Gasteiger partial charge on any atom is -0.464 e. The van der Waals surface area contributed by atoms with Crippen molar-refractivity contribution in [1.82, 2.24) is 0 Å². The quantitative estimate of drug-likeness (QED) is 0.652. The molecular formula is C15H18N2O5. The number of anilines is 2. The molecule has 1 heterocycles. The van der Waals surface area contributed by atoms with Crippen LogP contribution in [0.15, 0.2) is 18.2 Å². The number of ether oxygens (including phenoxy) is 2. The van der Waals surface area contributed by atoms with E-state index in [1.807, 2.05) is 0 Å². The number of hydrogen-bond donors (Lipinski definition) is 2. The van der Waals surface area contributed by atoms with Crippen LogP contribution in [0.4, 0.5) is 11.4 Å². The molecule has 7 heteroatoms. The minimum absolute atomic E-state index is 0.143. The van der Waals surface area contributed by atoms with Gasteiger partial charge in [-0.3, -0.25) is 9.59 Å². The van der Waals surface area contributed by atoms with Gasteiger partial charge >= 0.3 is 5.97 Å². The van der Waals surface area contributed by atoms with Crippen molar-refractivity contribution in [3.8, 4) is 5.75 Å². The molecule has 0 aromatic heterocycles. The van der Waals surface area contributed by atoms with Crippen molar-refractivity contribution in [2.75, 3.05) is 17.2 Å². The predicted molar refractivity (Wildman–Crippen MR) is 79.7 cm³/mol. The molecule has 22 heavy (non-hydrogen) atoms. The second-order valence-corrected chi connectivity index (χ2v) is 4.92. The number of benzene rings is 1. The van der Waals surface area contributed by atoms with Crippen LogP contribution in [0, 0.1) is 0 Å². The van der Waals surface area contributed by atoms with E-state index in [1.165, 1.54) is 6.92 Å². The van der Waals surface area contributed by atoms with Gasteiger partial charge in [0.1, 0.15) is 5.75 Å². The molecule has 1 atom stereocenters. The summed E-state index contributed by atoms with van der Waals surface area (Å²) in [6.45, 7) is 4.88. The molecule has 1 aliphatic rings. The predicted octanol–water partition coefficient (Wildman–Crippen LogP) is 1.69. The number of carbonyl (C=O) groups excluding carboxylic acids is 3. The maximum atomic E-state index is 12.1. The van der Waals surface area contributed by atoms with Crippen LogP contribution in [0.25, 0.3) is 0 Å². The Hall–Kier alpha value is -2.57. The molecule has 118 valence electrons. The van der Waals surface area contributed by atoms with E-state index in [2.05, 4.69) is 10.6 Å². The van der Waals surface area contributed by atoms with Crippen molar-refractivity contribution in [3.05, 3.63) is 18.2 Å². The van der Waals surface area contributed by atoms with Gasteiger partial charge in [0.15, 0.2) is 0 Å². The second kappa shape index (κ2) is 6.05. The van der Waals surface area contributed by atoms with E-state index in [0.29, 0.717) is 23.5 Å². The summed E-state index contributed by atoms with van der Waals surface area (Å²) in [5, 5.41) is 5.29. The Morgan fingerprint density at radius 3 is 2.73 bits per heavy atom. The summed E-state index contributed by atoms with van der Waals surface area (Å²) in [4.78, 5) is 35.5. The van der Waals surface area contributed by atoms with E-state index in [0.717, 1.165) is 0 Å². The average molecular weight is 306 g/mol. The molecule has 0 bridgehead atoms. The lowest BCUT2D eigenvalue weighted by Crippen LogP contribution is -2.55. The maximum Gasteiger partial charge on any atom is 0.360 e. The highest BCUT2D eigenvalue weighted by Gasteiger charge is 2.48. The molecule has 0 saturated heterocycles. The smallest absolute Gasteiger partial charge is 0.360 e. The van der Waals surface area contributed by atoms with Gasteiger partial charge in [0.2, 0.25) is 5.91 Å². The Morgan fingerprint density at radius 1 is 1.36 bits per heavy atom. The number of amides is 2. The number of nitrogens with one attached hydrogen (secondary N) is 2. The average Bonchev–Trinajstić information content (AvgIpc) is 2.48. The largest absolute Gasteiger partial charge is 0.464 e. The van der Waals surface area contributed by atoms with E-state index >= 15 is 0 Å². The number of hydrogen-bond acceptors (Lipinski definition) is 5. The lowest BCUT2D eigenvalue weighted by Gasteiger charge is -2.32. The number of esters is 1. The van der Waals surface area contributed by atoms with Crippen molar-refractivity contribution >= 4 is 29.2 Å². The highest BCUT2D eigenvalue weighted by Crippen LogP contribution is 2.36. The summed E-state index contributed by atoms with van der Waals surface area (Å²) in [5.41, 5.74) is -0.801. The first-order valence-electron chi connectivity index (χ1n) is 7.02. The first-order valence-corrected chi connectivity index (χ1v) is 7.02. The van der Waals surface area contributed by atoms with Crippen LogP contribution < -0.4 is 15.4 Å². The second-order valence-electron chi connectivity index (χ2n) is 4.92. The van der Waals surface area contributed by atoms with Gasteiger partial charge in [-0.2, -0.15) is 0 Å². The molecule has 2 rings (SSSR count). The van der Waals surface area contributed by atoms with Gasteiger partial charge in [-0.25, -0.2) is 4.79 Å². The lowest BCUT2D eigenvalue weighted by molar-refractivity contribution is -0.165. The van der Waals surface area contributed by atoms with Gasteiger partial charge in [-0.05, 0) is 26.0 Å². The van der Waals surface area contributed by atoms with Crippen molar-refractivity contribution in [2.24, 2.45) is 0 Å². The molecule has 1 aromatic rings. The molecule has 0 aliphatic carbocycles. The normalized spacial score (nSPS) is 19.5. The van der Waals surface area contributed by atoms with Crippen molar-refractivity contribution < 1.29 is 23.9 Å². The van der Waals surface area contributed by atoms with E-state index in [9.17, 15) is 14.4 Å². The monoisotopic (exact) mass is 306 g/mol. The van der Waals surface area contributed by atoms with Crippen LogP contribution in [0.5, 0.6) is 5.75 Å². The third kappa shape index (κ3) is 2.88. The summed E-state index contributed by atoms with van der Waals surface area (Å²) in [7, 11) is 0. The topological polar surface area (TPSA) is 93.7 Å². The van der Waals surface area contributed by atoms with E-state index in [4.69, 9.17) is 9.47 Å². The third-order valence-corrected chi connectivity index (χ3v) is 3.25. The zero-order chi connectivity index (χ0) is 16.3.